The summed E-state index contributed by atoms with van der Waals surface area (Å²) in [7, 11) is 0. The molecule has 1 heteroatoms. The highest BCUT2D eigenvalue weighted by atomic mass is 16.1. The summed E-state index contributed by atoms with van der Waals surface area (Å²) in [6.45, 7) is 3.83. The molecule has 0 atom stereocenters. The molecule has 0 aliphatic carbocycles. The van der Waals surface area contributed by atoms with Crippen molar-refractivity contribution >= 4 is 5.78 Å². The zero-order valence-corrected chi connectivity index (χ0v) is 6.68. The van der Waals surface area contributed by atoms with Gasteiger partial charge in [0.15, 0.2) is 0 Å². The van der Waals surface area contributed by atoms with Gasteiger partial charge in [-0.25, -0.2) is 0 Å². The van der Waals surface area contributed by atoms with E-state index in [1.807, 2.05) is 13.8 Å². The Hall–Kier alpha value is -0.770. The number of hydrogen-bond donors (Lipinski definition) is 0. The third kappa shape index (κ3) is 4.14. The van der Waals surface area contributed by atoms with Gasteiger partial charge >= 0.3 is 0 Å². The van der Waals surface area contributed by atoms with Crippen molar-refractivity contribution in [2.24, 2.45) is 5.92 Å². The van der Waals surface area contributed by atoms with E-state index in [1.165, 1.54) is 0 Å². The molecule has 0 saturated heterocycles. The van der Waals surface area contributed by atoms with Gasteiger partial charge < -0.3 is 0 Å². The lowest BCUT2D eigenvalue weighted by atomic mass is 10.0. The van der Waals surface area contributed by atoms with Crippen LogP contribution in [0.5, 0.6) is 0 Å². The van der Waals surface area contributed by atoms with Gasteiger partial charge in [-0.05, 0) is 6.42 Å². The van der Waals surface area contributed by atoms with Crippen LogP contribution in [0.2, 0.25) is 0 Å². The van der Waals surface area contributed by atoms with Crippen LogP contribution in [-0.4, -0.2) is 5.78 Å². The molecule has 0 N–H and O–H groups in total. The normalized spacial score (nSPS) is 9.40. The molecule has 0 aliphatic rings. The molecule has 0 aromatic rings. The molecule has 0 fully saturated rings. The van der Waals surface area contributed by atoms with Crippen LogP contribution in [0.3, 0.4) is 0 Å². The predicted molar refractivity (Wildman–Crippen MR) is 42.5 cm³/mol. The number of Topliss-reactive ketones (excluding diaryl/α,β-unsaturated/α-hetero) is 1. The topological polar surface area (TPSA) is 17.1 Å². The molecule has 0 saturated carbocycles. The van der Waals surface area contributed by atoms with Crippen molar-refractivity contribution < 1.29 is 4.79 Å². The number of unbranched alkanes of at least 4 members (excludes halogenated alkanes) is 1. The van der Waals surface area contributed by atoms with Gasteiger partial charge in [0.05, 0.1) is 0 Å². The molecule has 0 bridgehead atoms. The van der Waals surface area contributed by atoms with Crippen LogP contribution in [0.1, 0.15) is 33.1 Å². The maximum Gasteiger partial charge on any atom is 0.135 e. The molecule has 0 heterocycles. The zero-order chi connectivity index (χ0) is 7.98. The van der Waals surface area contributed by atoms with E-state index in [4.69, 9.17) is 6.42 Å². The molecule has 0 unspecified atom stereocenters. The Morgan fingerprint density at radius 3 is 2.60 bits per heavy atom. The Morgan fingerprint density at radius 2 is 2.20 bits per heavy atom. The van der Waals surface area contributed by atoms with Crippen LogP contribution in [-0.2, 0) is 4.79 Å². The number of hydrogen-bond acceptors (Lipinski definition) is 1. The Kier molecular flexibility index (Phi) is 4.66. The van der Waals surface area contributed by atoms with E-state index in [0.29, 0.717) is 12.2 Å². The molecule has 0 aromatic heterocycles. The first kappa shape index (κ1) is 9.23. The zero-order valence-electron chi connectivity index (χ0n) is 6.68. The Morgan fingerprint density at radius 1 is 1.60 bits per heavy atom. The van der Waals surface area contributed by atoms with E-state index >= 15 is 0 Å². The molecule has 1 nitrogen and oxygen atoms in total. The van der Waals surface area contributed by atoms with Gasteiger partial charge in [-0.15, -0.1) is 12.3 Å². The number of ketones is 1. The number of terminal acetylenes is 1. The quantitative estimate of drug-likeness (QED) is 0.429. The highest BCUT2D eigenvalue weighted by Crippen LogP contribution is 2.02. The van der Waals surface area contributed by atoms with Crippen molar-refractivity contribution in [2.75, 3.05) is 0 Å². The fourth-order valence-electron chi connectivity index (χ4n) is 0.653. The molecule has 10 heavy (non-hydrogen) atoms. The van der Waals surface area contributed by atoms with Crippen LogP contribution in [0, 0.1) is 18.3 Å². The van der Waals surface area contributed by atoms with Gasteiger partial charge in [-0.3, -0.25) is 4.79 Å². The highest BCUT2D eigenvalue weighted by molar-refractivity contribution is 5.80. The minimum Gasteiger partial charge on any atom is -0.299 e. The minimum absolute atomic E-state index is 0.165. The third-order valence-corrected chi connectivity index (χ3v) is 1.39. The van der Waals surface area contributed by atoms with Gasteiger partial charge in [-0.1, -0.05) is 13.8 Å². The van der Waals surface area contributed by atoms with Crippen molar-refractivity contribution in [1.29, 1.82) is 0 Å². The molecule has 0 aromatic carbocycles. The lowest BCUT2D eigenvalue weighted by molar-refractivity contribution is -0.121. The summed E-state index contributed by atoms with van der Waals surface area (Å²) in [4.78, 5) is 10.9. The fourth-order valence-corrected chi connectivity index (χ4v) is 0.653. The Labute approximate surface area is 62.8 Å². The second kappa shape index (κ2) is 5.05. The fraction of sp³-hybridized carbons (Fsp3) is 0.667. The van der Waals surface area contributed by atoms with Gasteiger partial charge in [0.25, 0.3) is 0 Å². The molecule has 0 radical (unpaired) electrons. The van der Waals surface area contributed by atoms with Crippen LogP contribution in [0.4, 0.5) is 0 Å². The van der Waals surface area contributed by atoms with Gasteiger partial charge in [0.2, 0.25) is 0 Å². The lowest BCUT2D eigenvalue weighted by Gasteiger charge is -2.00. The van der Waals surface area contributed by atoms with Crippen molar-refractivity contribution in [1.82, 2.24) is 0 Å². The molecule has 0 spiro atoms. The summed E-state index contributed by atoms with van der Waals surface area (Å²) in [5.41, 5.74) is 0. The predicted octanol–water partition coefficient (Wildman–Crippen LogP) is 2.01. The summed E-state index contributed by atoms with van der Waals surface area (Å²) in [5.74, 6) is 2.99. The average Bonchev–Trinajstić information content (AvgIpc) is 1.88. The van der Waals surface area contributed by atoms with Crippen LogP contribution >= 0.6 is 0 Å². The maximum absolute atomic E-state index is 10.9. The van der Waals surface area contributed by atoms with Gasteiger partial charge in [0, 0.05) is 18.8 Å². The van der Waals surface area contributed by atoms with Crippen molar-refractivity contribution in [2.45, 2.75) is 33.1 Å². The largest absolute Gasteiger partial charge is 0.299 e. The first-order valence-corrected chi connectivity index (χ1v) is 3.64. The highest BCUT2D eigenvalue weighted by Gasteiger charge is 2.04. The smallest absolute Gasteiger partial charge is 0.135 e. The van der Waals surface area contributed by atoms with Crippen molar-refractivity contribution in [3.63, 3.8) is 0 Å². The summed E-state index contributed by atoms with van der Waals surface area (Å²) >= 11 is 0. The molecular weight excluding hydrogens is 124 g/mol. The van der Waals surface area contributed by atoms with Gasteiger partial charge in [0.1, 0.15) is 5.78 Å². The van der Waals surface area contributed by atoms with Crippen LogP contribution < -0.4 is 0 Å². The van der Waals surface area contributed by atoms with Gasteiger partial charge in [-0.2, -0.15) is 0 Å². The summed E-state index contributed by atoms with van der Waals surface area (Å²) in [5, 5.41) is 0. The van der Waals surface area contributed by atoms with Crippen LogP contribution in [0.15, 0.2) is 0 Å². The molecule has 56 valence electrons. The van der Waals surface area contributed by atoms with Crippen molar-refractivity contribution in [3.05, 3.63) is 0 Å². The monoisotopic (exact) mass is 138 g/mol. The van der Waals surface area contributed by atoms with E-state index in [2.05, 4.69) is 5.92 Å². The number of carbonyl (C=O) groups excluding carboxylic acids is 1. The second-order valence-electron chi connectivity index (χ2n) is 2.68. The minimum atomic E-state index is 0.165. The van der Waals surface area contributed by atoms with E-state index in [9.17, 15) is 4.79 Å². The van der Waals surface area contributed by atoms with Crippen LogP contribution in [0.25, 0.3) is 0 Å². The van der Waals surface area contributed by atoms with E-state index in [1.54, 1.807) is 0 Å². The SMILES string of the molecule is C#CCCCC(=O)C(C)C. The summed E-state index contributed by atoms with van der Waals surface area (Å²) in [6, 6.07) is 0. The number of rotatable bonds is 4. The Balaban J connectivity index is 3.33. The Bertz CT molecular complexity index is 139. The maximum atomic E-state index is 10.9. The lowest BCUT2D eigenvalue weighted by Crippen LogP contribution is -2.05. The molecule has 0 amide bonds. The average molecular weight is 138 g/mol. The third-order valence-electron chi connectivity index (χ3n) is 1.39. The first-order valence-electron chi connectivity index (χ1n) is 3.64. The summed E-state index contributed by atoms with van der Waals surface area (Å²) in [6.07, 6.45) is 7.23. The number of carbonyl (C=O) groups is 1. The molecule has 0 rings (SSSR count). The molecular formula is C9H14O. The van der Waals surface area contributed by atoms with Crippen molar-refractivity contribution in [3.8, 4) is 12.3 Å². The second-order valence-corrected chi connectivity index (χ2v) is 2.68. The van der Waals surface area contributed by atoms with E-state index in [-0.39, 0.29) is 5.92 Å². The van der Waals surface area contributed by atoms with E-state index in [0.717, 1.165) is 12.8 Å². The summed E-state index contributed by atoms with van der Waals surface area (Å²) < 4.78 is 0. The standard InChI is InChI=1S/C9H14O/c1-4-5-6-7-9(10)8(2)3/h1,8H,5-7H2,2-3H3. The van der Waals surface area contributed by atoms with E-state index < -0.39 is 0 Å². The molecule has 0 aliphatic heterocycles. The first-order chi connectivity index (χ1) is 4.68.